The third-order valence-corrected chi connectivity index (χ3v) is 14.5. The molecule has 0 amide bonds. The molecule has 1 aromatic rings. The number of benzene rings is 1. The number of carbonyl (C=O) groups is 1. The highest BCUT2D eigenvalue weighted by atomic mass is 16.5. The maximum absolute atomic E-state index is 13.0. The number of phenols is 1. The smallest absolute Gasteiger partial charge is 0.331 e. The number of allylic oxidation sites excluding steroid dienone is 2. The Morgan fingerprint density at radius 2 is 1.70 bits per heavy atom. The molecule has 43 heavy (non-hydrogen) atoms. The van der Waals surface area contributed by atoms with E-state index in [-0.39, 0.29) is 29.8 Å². The summed E-state index contributed by atoms with van der Waals surface area (Å²) in [5.74, 6) is 2.11. The molecule has 4 heteroatoms. The van der Waals surface area contributed by atoms with E-state index in [1.54, 1.807) is 24.3 Å². The van der Waals surface area contributed by atoms with Crippen molar-refractivity contribution in [3.8, 4) is 5.75 Å². The van der Waals surface area contributed by atoms with E-state index in [0.29, 0.717) is 33.1 Å². The van der Waals surface area contributed by atoms with Crippen LogP contribution in [0.5, 0.6) is 5.75 Å². The first-order valence-electron chi connectivity index (χ1n) is 17.3. The number of carbonyl (C=O) groups excluding carboxylic acids is 1. The first kappa shape index (κ1) is 30.9. The molecule has 236 valence electrons. The third kappa shape index (κ3) is 4.67. The summed E-state index contributed by atoms with van der Waals surface area (Å²) < 4.78 is 6.21. The fourth-order valence-corrected chi connectivity index (χ4v) is 12.1. The topological polar surface area (TPSA) is 66.8 Å². The number of aromatic hydroxyl groups is 1. The van der Waals surface area contributed by atoms with Crippen LogP contribution in [0.4, 0.5) is 0 Å². The summed E-state index contributed by atoms with van der Waals surface area (Å²) in [5.41, 5.74) is 4.52. The monoisotopic (exact) mass is 588 g/mol. The molecular formula is C39H56O4. The molecule has 0 bridgehead atoms. The number of rotatable bonds is 8. The Labute approximate surface area is 260 Å². The molecule has 5 aliphatic rings. The molecule has 2 N–H and O–H groups in total. The van der Waals surface area contributed by atoms with Gasteiger partial charge in [0.1, 0.15) is 11.9 Å². The van der Waals surface area contributed by atoms with Crippen LogP contribution < -0.4 is 0 Å². The van der Waals surface area contributed by atoms with Gasteiger partial charge in [-0.05, 0) is 154 Å². The Hall–Kier alpha value is -2.07. The van der Waals surface area contributed by atoms with E-state index in [2.05, 4.69) is 47.6 Å². The highest BCUT2D eigenvalue weighted by Gasteiger charge is 2.82. The number of unbranched alkanes of at least 4 members (excludes halogenated alkanes) is 1. The molecule has 5 aliphatic carbocycles. The van der Waals surface area contributed by atoms with Crippen molar-refractivity contribution in [1.82, 2.24) is 0 Å². The predicted molar refractivity (Wildman–Crippen MR) is 173 cm³/mol. The lowest BCUT2D eigenvalue weighted by molar-refractivity contribution is -0.178. The van der Waals surface area contributed by atoms with Crippen LogP contribution in [-0.4, -0.2) is 22.3 Å². The van der Waals surface area contributed by atoms with Gasteiger partial charge in [-0.3, -0.25) is 0 Å². The van der Waals surface area contributed by atoms with E-state index in [9.17, 15) is 15.0 Å². The molecule has 6 rings (SSSR count). The molecule has 0 radical (unpaired) electrons. The lowest BCUT2D eigenvalue weighted by Crippen LogP contribution is -2.57. The molecule has 2 spiro atoms. The van der Waals surface area contributed by atoms with Crippen LogP contribution in [0.15, 0.2) is 35.9 Å². The van der Waals surface area contributed by atoms with Crippen molar-refractivity contribution in [3.63, 3.8) is 0 Å². The van der Waals surface area contributed by atoms with Crippen LogP contribution in [0.25, 0.3) is 6.08 Å². The highest BCUT2D eigenvalue weighted by molar-refractivity contribution is 5.87. The quantitative estimate of drug-likeness (QED) is 0.137. The maximum Gasteiger partial charge on any atom is 0.331 e. The van der Waals surface area contributed by atoms with Crippen molar-refractivity contribution < 1.29 is 19.7 Å². The van der Waals surface area contributed by atoms with Crippen molar-refractivity contribution in [3.05, 3.63) is 47.1 Å². The summed E-state index contributed by atoms with van der Waals surface area (Å²) in [6, 6.07) is 4.99. The van der Waals surface area contributed by atoms with Crippen LogP contribution in [0.2, 0.25) is 0 Å². The van der Waals surface area contributed by atoms with Crippen LogP contribution in [0.3, 0.4) is 0 Å². The molecule has 4 nitrogen and oxygen atoms in total. The van der Waals surface area contributed by atoms with E-state index >= 15 is 0 Å². The van der Waals surface area contributed by atoms with E-state index in [0.717, 1.165) is 23.8 Å². The van der Waals surface area contributed by atoms with Gasteiger partial charge in [0.25, 0.3) is 0 Å². The van der Waals surface area contributed by atoms with Gasteiger partial charge >= 0.3 is 5.97 Å². The number of fused-ring (bicyclic) bond motifs is 2. The highest BCUT2D eigenvalue weighted by Crippen LogP contribution is 2.89. The first-order valence-corrected chi connectivity index (χ1v) is 17.3. The van der Waals surface area contributed by atoms with E-state index < -0.39 is 0 Å². The van der Waals surface area contributed by atoms with Crippen molar-refractivity contribution >= 4 is 12.0 Å². The Bertz CT molecular complexity index is 1300. The second-order valence-corrected chi connectivity index (χ2v) is 16.6. The summed E-state index contributed by atoms with van der Waals surface area (Å²) in [4.78, 5) is 13.0. The Kier molecular flexibility index (Phi) is 7.75. The average Bonchev–Trinajstić information content (AvgIpc) is 3.55. The second kappa shape index (κ2) is 10.8. The van der Waals surface area contributed by atoms with Crippen LogP contribution in [0, 0.1) is 44.8 Å². The lowest BCUT2D eigenvalue weighted by atomic mass is 9.42. The number of hydrogen-bond acceptors (Lipinski definition) is 4. The zero-order valence-electron chi connectivity index (χ0n) is 27.7. The normalized spacial score (nSPS) is 40.6. The largest absolute Gasteiger partial charge is 0.508 e. The van der Waals surface area contributed by atoms with Crippen LogP contribution in [-0.2, 0) is 16.1 Å². The number of esters is 1. The molecule has 8 atom stereocenters. The van der Waals surface area contributed by atoms with Gasteiger partial charge in [-0.1, -0.05) is 45.4 Å². The fourth-order valence-electron chi connectivity index (χ4n) is 12.1. The molecule has 5 fully saturated rings. The minimum atomic E-state index is -0.297. The van der Waals surface area contributed by atoms with Gasteiger partial charge in [-0.25, -0.2) is 4.79 Å². The molecule has 5 saturated carbocycles. The van der Waals surface area contributed by atoms with Crippen molar-refractivity contribution in [2.24, 2.45) is 44.8 Å². The van der Waals surface area contributed by atoms with Crippen molar-refractivity contribution in [1.29, 1.82) is 0 Å². The Balaban J connectivity index is 1.14. The van der Waals surface area contributed by atoms with Gasteiger partial charge in [-0.15, -0.1) is 0 Å². The molecular weight excluding hydrogens is 532 g/mol. The molecule has 0 heterocycles. The fraction of sp³-hybridized carbons (Fsp3) is 0.718. The zero-order valence-corrected chi connectivity index (χ0v) is 27.7. The molecule has 1 aromatic carbocycles. The van der Waals surface area contributed by atoms with Crippen LogP contribution >= 0.6 is 0 Å². The summed E-state index contributed by atoms with van der Waals surface area (Å²) in [5, 5.41) is 19.3. The number of aliphatic hydroxyl groups excluding tert-OH is 1. The zero-order chi connectivity index (χ0) is 30.8. The summed E-state index contributed by atoms with van der Waals surface area (Å²) in [6.07, 6.45) is 21.4. The summed E-state index contributed by atoms with van der Waals surface area (Å²) >= 11 is 0. The van der Waals surface area contributed by atoms with E-state index in [4.69, 9.17) is 4.74 Å². The number of hydrogen-bond donors (Lipinski definition) is 2. The third-order valence-electron chi connectivity index (χ3n) is 14.5. The summed E-state index contributed by atoms with van der Waals surface area (Å²) in [6.45, 7) is 14.4. The van der Waals surface area contributed by atoms with Gasteiger partial charge in [0, 0.05) is 17.1 Å². The molecule has 0 saturated heterocycles. The second-order valence-electron chi connectivity index (χ2n) is 16.6. The van der Waals surface area contributed by atoms with Gasteiger partial charge < -0.3 is 14.9 Å². The Morgan fingerprint density at radius 1 is 0.953 bits per heavy atom. The molecule has 0 aromatic heterocycles. The van der Waals surface area contributed by atoms with E-state index in [1.807, 2.05) is 0 Å². The minimum absolute atomic E-state index is 0.0381. The number of aliphatic hydroxyl groups is 1. The first-order chi connectivity index (χ1) is 20.3. The van der Waals surface area contributed by atoms with Crippen molar-refractivity contribution in [2.45, 2.75) is 131 Å². The molecule has 0 aliphatic heterocycles. The predicted octanol–water partition coefficient (Wildman–Crippen LogP) is 9.39. The summed E-state index contributed by atoms with van der Waals surface area (Å²) in [7, 11) is 0. The van der Waals surface area contributed by atoms with Crippen molar-refractivity contribution in [2.75, 3.05) is 0 Å². The molecule has 3 unspecified atom stereocenters. The van der Waals surface area contributed by atoms with Gasteiger partial charge in [0.15, 0.2) is 0 Å². The van der Waals surface area contributed by atoms with E-state index in [1.165, 1.54) is 82.3 Å². The van der Waals surface area contributed by atoms with Gasteiger partial charge in [0.05, 0.1) is 6.61 Å². The number of ether oxygens (including phenoxy) is 1. The maximum atomic E-state index is 13.0. The minimum Gasteiger partial charge on any atom is -0.508 e. The average molecular weight is 589 g/mol. The van der Waals surface area contributed by atoms with Gasteiger partial charge in [0.2, 0.25) is 0 Å². The standard InChI is InChI=1S/C39H56O4/c1-26(2)9-7-8-10-29-17-19-37(6)32-15-14-31-35(3,4)33(18-20-38(31)25-39(32,38)22-21-36(29,37)5)43-34(42)16-12-27-11-13-30(41)28(23-27)24-40/h9,11-13,16,23,29,31-33,40-41H,7-8,10,14-15,17-22,24-25H2,1-6H3/b16-12+/t29?,31?,32?,33-,36+,37-,38+,39-/m0/s1. The van der Waals surface area contributed by atoms with Crippen LogP contribution in [0.1, 0.15) is 130 Å². The lowest BCUT2D eigenvalue weighted by Gasteiger charge is -2.63. The SMILES string of the molecule is CC(C)=CCCCC1CC[C@@]2(C)C3CCC4C(C)(C)[C@@H](OC(=O)/C=C/c5ccc(O)c(CO)c5)CC[C@@]45C[C@@]35CC[C@]12C. The van der Waals surface area contributed by atoms with Gasteiger partial charge in [-0.2, -0.15) is 0 Å². The Morgan fingerprint density at radius 3 is 2.44 bits per heavy atom.